The summed E-state index contributed by atoms with van der Waals surface area (Å²) in [5.74, 6) is -0.0609. The van der Waals surface area contributed by atoms with Crippen LogP contribution in [0, 0.1) is 0 Å². The zero-order valence-corrected chi connectivity index (χ0v) is 13.6. The summed E-state index contributed by atoms with van der Waals surface area (Å²) in [5, 5.41) is 3.04. The van der Waals surface area contributed by atoms with Crippen molar-refractivity contribution in [2.24, 2.45) is 0 Å². The van der Waals surface area contributed by atoms with Gasteiger partial charge in [-0.15, -0.1) is 0 Å². The van der Waals surface area contributed by atoms with Gasteiger partial charge < -0.3 is 9.47 Å². The van der Waals surface area contributed by atoms with Crippen LogP contribution in [-0.4, -0.2) is 12.1 Å². The Bertz CT molecular complexity index is 720. The molecule has 0 atom stereocenters. The number of hydrogen-bond donors (Lipinski definition) is 1. The maximum absolute atomic E-state index is 11.9. The second-order valence-electron chi connectivity index (χ2n) is 4.50. The van der Waals surface area contributed by atoms with Crippen LogP contribution in [0.2, 0.25) is 10.0 Å². The van der Waals surface area contributed by atoms with E-state index in [9.17, 15) is 9.59 Å². The topological polar surface area (TPSA) is 64.6 Å². The number of ether oxygens (including phenoxy) is 2. The van der Waals surface area contributed by atoms with Gasteiger partial charge in [0.05, 0.1) is 10.7 Å². The minimum atomic E-state index is -0.696. The molecule has 0 aromatic heterocycles. The van der Waals surface area contributed by atoms with Crippen molar-refractivity contribution in [3.05, 3.63) is 58.1 Å². The van der Waals surface area contributed by atoms with Gasteiger partial charge in [0.25, 0.3) is 0 Å². The second kappa shape index (κ2) is 7.85. The number of carbonyl (C=O) groups is 2. The van der Waals surface area contributed by atoms with Gasteiger partial charge in [-0.05, 0) is 24.3 Å². The molecule has 0 aliphatic carbocycles. The van der Waals surface area contributed by atoms with Crippen LogP contribution >= 0.6 is 23.2 Å². The Balaban J connectivity index is 2.12. The molecule has 0 unspecified atom stereocenters. The number of rotatable bonds is 4. The third kappa shape index (κ3) is 4.87. The molecule has 0 saturated heterocycles. The van der Waals surface area contributed by atoms with E-state index in [2.05, 4.69) is 5.32 Å². The first-order valence-corrected chi connectivity index (χ1v) is 7.37. The lowest BCUT2D eigenvalue weighted by atomic mass is 10.2. The van der Waals surface area contributed by atoms with Gasteiger partial charge in [-0.1, -0.05) is 41.4 Å². The maximum Gasteiger partial charge on any atom is 0.417 e. The zero-order chi connectivity index (χ0) is 16.8. The van der Waals surface area contributed by atoms with E-state index in [-0.39, 0.29) is 11.6 Å². The second-order valence-corrected chi connectivity index (χ2v) is 5.28. The summed E-state index contributed by atoms with van der Waals surface area (Å²) in [6, 6.07) is 11.7. The van der Waals surface area contributed by atoms with E-state index in [1.807, 2.05) is 6.07 Å². The quantitative estimate of drug-likeness (QED) is 0.811. The molecule has 0 bridgehead atoms. The molecular formula is C16H13Cl2NO4. The smallest absolute Gasteiger partial charge is 0.417 e. The molecule has 0 saturated carbocycles. The number of benzene rings is 2. The molecule has 2 rings (SSSR count). The SMILES string of the molecule is CC(=O)OCc1c(Cl)ccc(NC(=O)Oc2ccccc2)c1Cl. The van der Waals surface area contributed by atoms with Crippen LogP contribution in [0.15, 0.2) is 42.5 Å². The maximum atomic E-state index is 11.9. The van der Waals surface area contributed by atoms with E-state index in [0.717, 1.165) is 0 Å². The Morgan fingerprint density at radius 2 is 1.78 bits per heavy atom. The van der Waals surface area contributed by atoms with Crippen molar-refractivity contribution in [2.45, 2.75) is 13.5 Å². The van der Waals surface area contributed by atoms with Crippen LogP contribution < -0.4 is 10.1 Å². The first-order chi connectivity index (χ1) is 11.0. The van der Waals surface area contributed by atoms with Gasteiger partial charge in [0.15, 0.2) is 0 Å². The molecule has 2 aromatic rings. The van der Waals surface area contributed by atoms with E-state index in [1.54, 1.807) is 30.3 Å². The van der Waals surface area contributed by atoms with Crippen LogP contribution in [-0.2, 0) is 16.1 Å². The lowest BCUT2D eigenvalue weighted by Crippen LogP contribution is -2.17. The minimum absolute atomic E-state index is 0.0871. The van der Waals surface area contributed by atoms with E-state index < -0.39 is 12.1 Å². The molecule has 1 amide bonds. The van der Waals surface area contributed by atoms with Crippen LogP contribution in [0.1, 0.15) is 12.5 Å². The molecule has 0 radical (unpaired) electrons. The lowest BCUT2D eigenvalue weighted by molar-refractivity contribution is -0.142. The van der Waals surface area contributed by atoms with Gasteiger partial charge >= 0.3 is 12.1 Å². The Hall–Kier alpha value is -2.24. The Labute approximate surface area is 143 Å². The number of halogens is 2. The average molecular weight is 354 g/mol. The average Bonchev–Trinajstić information content (AvgIpc) is 2.51. The minimum Gasteiger partial charge on any atom is -0.461 e. The van der Waals surface area contributed by atoms with E-state index in [1.165, 1.54) is 13.0 Å². The van der Waals surface area contributed by atoms with Gasteiger partial charge in [0.2, 0.25) is 0 Å². The largest absolute Gasteiger partial charge is 0.461 e. The van der Waals surface area contributed by atoms with Crippen molar-refractivity contribution >= 4 is 41.0 Å². The Kier molecular flexibility index (Phi) is 5.84. The summed E-state index contributed by atoms with van der Waals surface area (Å²) < 4.78 is 10.0. The van der Waals surface area contributed by atoms with Crippen molar-refractivity contribution in [2.75, 3.05) is 5.32 Å². The number of carbonyl (C=O) groups excluding carboxylic acids is 2. The fourth-order valence-electron chi connectivity index (χ4n) is 1.73. The summed E-state index contributed by atoms with van der Waals surface area (Å²) >= 11 is 12.2. The van der Waals surface area contributed by atoms with Gasteiger partial charge in [-0.25, -0.2) is 4.79 Å². The van der Waals surface area contributed by atoms with Crippen molar-refractivity contribution < 1.29 is 19.1 Å². The summed E-state index contributed by atoms with van der Waals surface area (Å²) in [6.07, 6.45) is -0.696. The highest BCUT2D eigenvalue weighted by Gasteiger charge is 2.15. The van der Waals surface area contributed by atoms with Gasteiger partial charge in [-0.3, -0.25) is 10.1 Å². The zero-order valence-electron chi connectivity index (χ0n) is 12.1. The van der Waals surface area contributed by atoms with Gasteiger partial charge in [-0.2, -0.15) is 0 Å². The first-order valence-electron chi connectivity index (χ1n) is 6.61. The highest BCUT2D eigenvalue weighted by Crippen LogP contribution is 2.32. The monoisotopic (exact) mass is 353 g/mol. The molecule has 0 aliphatic heterocycles. The lowest BCUT2D eigenvalue weighted by Gasteiger charge is -2.12. The van der Waals surface area contributed by atoms with E-state index in [0.29, 0.717) is 22.0 Å². The number of nitrogens with one attached hydrogen (secondary N) is 1. The summed E-state index contributed by atoms with van der Waals surface area (Å²) in [5.41, 5.74) is 0.709. The van der Waals surface area contributed by atoms with Crippen molar-refractivity contribution in [1.29, 1.82) is 0 Å². The van der Waals surface area contributed by atoms with E-state index in [4.69, 9.17) is 32.7 Å². The predicted molar refractivity (Wildman–Crippen MR) is 88.0 cm³/mol. The van der Waals surface area contributed by atoms with Crippen molar-refractivity contribution in [3.8, 4) is 5.75 Å². The highest BCUT2D eigenvalue weighted by molar-refractivity contribution is 6.38. The first kappa shape index (κ1) is 17.1. The number of para-hydroxylation sites is 1. The fourth-order valence-corrected chi connectivity index (χ4v) is 2.26. The number of hydrogen-bond acceptors (Lipinski definition) is 4. The van der Waals surface area contributed by atoms with Crippen LogP contribution in [0.4, 0.5) is 10.5 Å². The number of amides is 1. The standard InChI is InChI=1S/C16H13Cl2NO4/c1-10(20)22-9-12-13(17)7-8-14(15(12)18)19-16(21)23-11-5-3-2-4-6-11/h2-8H,9H2,1H3,(H,19,21). The van der Waals surface area contributed by atoms with Gasteiger partial charge in [0, 0.05) is 17.5 Å². The third-order valence-electron chi connectivity index (χ3n) is 2.80. The Morgan fingerprint density at radius 3 is 2.43 bits per heavy atom. The van der Waals surface area contributed by atoms with Crippen LogP contribution in [0.3, 0.4) is 0 Å². The van der Waals surface area contributed by atoms with Crippen molar-refractivity contribution in [3.63, 3.8) is 0 Å². The summed E-state index contributed by atoms with van der Waals surface area (Å²) in [7, 11) is 0. The number of esters is 1. The normalized spacial score (nSPS) is 10.0. The molecular weight excluding hydrogens is 341 g/mol. The molecule has 0 spiro atoms. The fraction of sp³-hybridized carbons (Fsp3) is 0.125. The third-order valence-corrected chi connectivity index (χ3v) is 3.58. The van der Waals surface area contributed by atoms with E-state index >= 15 is 0 Å². The molecule has 120 valence electrons. The highest BCUT2D eigenvalue weighted by atomic mass is 35.5. The van der Waals surface area contributed by atoms with Crippen molar-refractivity contribution in [1.82, 2.24) is 0 Å². The molecule has 0 fully saturated rings. The van der Waals surface area contributed by atoms with Crippen LogP contribution in [0.25, 0.3) is 0 Å². The van der Waals surface area contributed by atoms with Crippen LogP contribution in [0.5, 0.6) is 5.75 Å². The Morgan fingerprint density at radius 1 is 1.09 bits per heavy atom. The number of anilines is 1. The molecule has 23 heavy (non-hydrogen) atoms. The van der Waals surface area contributed by atoms with Gasteiger partial charge in [0.1, 0.15) is 12.4 Å². The predicted octanol–water partition coefficient (Wildman–Crippen LogP) is 4.67. The molecule has 5 nitrogen and oxygen atoms in total. The molecule has 2 aromatic carbocycles. The molecule has 1 N–H and O–H groups in total. The molecule has 0 heterocycles. The molecule has 0 aliphatic rings. The summed E-state index contributed by atoms with van der Waals surface area (Å²) in [6.45, 7) is 1.19. The summed E-state index contributed by atoms with van der Waals surface area (Å²) in [4.78, 5) is 22.8. The molecule has 7 heteroatoms.